The number of rotatable bonds is 1. The molecule has 2 aliphatic heterocycles. The number of nitrogens with one attached hydrogen (secondary N) is 1. The van der Waals surface area contributed by atoms with E-state index in [0.717, 1.165) is 11.3 Å². The zero-order valence-electron chi connectivity index (χ0n) is 15.2. The van der Waals surface area contributed by atoms with Crippen molar-refractivity contribution in [2.24, 2.45) is 0 Å². The molecule has 1 aromatic carbocycles. The van der Waals surface area contributed by atoms with Gasteiger partial charge in [-0.15, -0.1) is 0 Å². The second kappa shape index (κ2) is 5.20. The minimum Gasteiger partial charge on any atom is -0.329 e. The quantitative estimate of drug-likeness (QED) is 0.859. The van der Waals surface area contributed by atoms with Crippen LogP contribution in [0.5, 0.6) is 0 Å². The molecule has 0 bridgehead atoms. The van der Waals surface area contributed by atoms with E-state index >= 15 is 0 Å². The summed E-state index contributed by atoms with van der Waals surface area (Å²) in [4.78, 5) is 27.2. The fourth-order valence-corrected chi connectivity index (χ4v) is 3.76. The first kappa shape index (κ1) is 16.7. The molecular weight excluding hydrogens is 300 g/mol. The van der Waals surface area contributed by atoms with Gasteiger partial charge >= 0.3 is 0 Å². The Morgan fingerprint density at radius 2 is 1.92 bits per heavy atom. The van der Waals surface area contributed by atoms with Crippen molar-refractivity contribution in [2.45, 2.75) is 64.5 Å². The minimum absolute atomic E-state index is 0.0154. The molecule has 1 N–H and O–H groups in total. The van der Waals surface area contributed by atoms with Crippen LogP contribution in [0.4, 0.5) is 0 Å². The topological polar surface area (TPSA) is 49.4 Å². The van der Waals surface area contributed by atoms with Crippen molar-refractivity contribution in [1.29, 1.82) is 0 Å². The third kappa shape index (κ3) is 2.45. The summed E-state index contributed by atoms with van der Waals surface area (Å²) in [6.07, 6.45) is 1.33. The number of benzene rings is 1. The van der Waals surface area contributed by atoms with Gasteiger partial charge in [-0.1, -0.05) is 39.5 Å². The number of piperidine rings is 1. The molecule has 0 aromatic heterocycles. The lowest BCUT2D eigenvalue weighted by atomic mass is 9.82. The maximum atomic E-state index is 13.0. The summed E-state index contributed by atoms with van der Waals surface area (Å²) in [7, 11) is 0. The number of carbonyl (C=O) groups is 2. The van der Waals surface area contributed by atoms with Crippen LogP contribution in [0.2, 0.25) is 0 Å². The standard InChI is InChI=1S/C20H26N2O2/c1-12-7-10-16(17(23)21-12)22-18(24)14-9-8-13(19(2,3)4)11-15(14)20(22,5)6/h8-9,11,16H,1,7,10H2,2-6H3,(H,21,23). The molecule has 0 aliphatic carbocycles. The van der Waals surface area contributed by atoms with Gasteiger partial charge in [-0.25, -0.2) is 0 Å². The van der Waals surface area contributed by atoms with E-state index in [1.165, 1.54) is 5.56 Å². The van der Waals surface area contributed by atoms with Crippen LogP contribution in [0.3, 0.4) is 0 Å². The first-order valence-corrected chi connectivity index (χ1v) is 8.51. The molecule has 128 valence electrons. The smallest absolute Gasteiger partial charge is 0.255 e. The number of nitrogens with zero attached hydrogens (tertiary/aromatic N) is 1. The molecule has 3 rings (SSSR count). The Hall–Kier alpha value is -2.10. The Labute approximate surface area is 143 Å². The van der Waals surface area contributed by atoms with Gasteiger partial charge in [-0.05, 0) is 49.3 Å². The SMILES string of the molecule is C=C1CCC(N2C(=O)c3ccc(C(C)(C)C)cc3C2(C)C)C(=O)N1. The van der Waals surface area contributed by atoms with Crippen molar-refractivity contribution in [1.82, 2.24) is 10.2 Å². The van der Waals surface area contributed by atoms with Gasteiger partial charge in [0.2, 0.25) is 5.91 Å². The Kier molecular flexibility index (Phi) is 3.63. The molecule has 24 heavy (non-hydrogen) atoms. The second-order valence-corrected chi connectivity index (χ2v) is 8.39. The van der Waals surface area contributed by atoms with Gasteiger partial charge in [-0.3, -0.25) is 9.59 Å². The van der Waals surface area contributed by atoms with Gasteiger partial charge in [0.25, 0.3) is 5.91 Å². The lowest BCUT2D eigenvalue weighted by Gasteiger charge is -2.40. The van der Waals surface area contributed by atoms with E-state index in [2.05, 4.69) is 38.7 Å². The van der Waals surface area contributed by atoms with Crippen molar-refractivity contribution in [2.75, 3.05) is 0 Å². The van der Waals surface area contributed by atoms with Crippen LogP contribution in [0.15, 0.2) is 30.5 Å². The van der Waals surface area contributed by atoms with Gasteiger partial charge in [-0.2, -0.15) is 0 Å². The van der Waals surface area contributed by atoms with Crippen LogP contribution in [0.1, 0.15) is 68.9 Å². The Bertz CT molecular complexity index is 740. The van der Waals surface area contributed by atoms with Gasteiger partial charge in [0.1, 0.15) is 6.04 Å². The first-order valence-electron chi connectivity index (χ1n) is 8.51. The fraction of sp³-hybridized carbons (Fsp3) is 0.500. The number of hydrogen-bond donors (Lipinski definition) is 1. The van der Waals surface area contributed by atoms with Gasteiger partial charge in [0.15, 0.2) is 0 Å². The van der Waals surface area contributed by atoms with Crippen LogP contribution in [-0.4, -0.2) is 22.8 Å². The van der Waals surface area contributed by atoms with Gasteiger partial charge in [0, 0.05) is 11.3 Å². The molecule has 4 nitrogen and oxygen atoms in total. The van der Waals surface area contributed by atoms with Gasteiger partial charge < -0.3 is 10.2 Å². The van der Waals surface area contributed by atoms with Crippen LogP contribution in [0, 0.1) is 0 Å². The molecule has 1 saturated heterocycles. The van der Waals surface area contributed by atoms with Crippen LogP contribution >= 0.6 is 0 Å². The molecule has 2 aliphatic rings. The molecule has 4 heteroatoms. The summed E-state index contributed by atoms with van der Waals surface area (Å²) >= 11 is 0. The van der Waals surface area contributed by atoms with Crippen molar-refractivity contribution in [3.8, 4) is 0 Å². The zero-order chi connectivity index (χ0) is 17.9. The normalized spacial score (nSPS) is 23.3. The lowest BCUT2D eigenvalue weighted by molar-refractivity contribution is -0.128. The van der Waals surface area contributed by atoms with E-state index in [4.69, 9.17) is 0 Å². The largest absolute Gasteiger partial charge is 0.329 e. The Balaban J connectivity index is 2.04. The molecule has 0 spiro atoms. The second-order valence-electron chi connectivity index (χ2n) is 8.39. The molecule has 0 radical (unpaired) electrons. The fourth-order valence-electron chi connectivity index (χ4n) is 3.76. The summed E-state index contributed by atoms with van der Waals surface area (Å²) in [6, 6.07) is 5.63. The third-order valence-corrected chi connectivity index (χ3v) is 5.23. The maximum absolute atomic E-state index is 13.0. The lowest BCUT2D eigenvalue weighted by Crippen LogP contribution is -2.55. The van der Waals surface area contributed by atoms with E-state index in [1.807, 2.05) is 26.0 Å². The number of fused-ring (bicyclic) bond motifs is 1. The number of allylic oxidation sites excluding steroid dienone is 1. The first-order chi connectivity index (χ1) is 11.0. The van der Waals surface area contributed by atoms with E-state index < -0.39 is 11.6 Å². The van der Waals surface area contributed by atoms with Crippen LogP contribution in [0.25, 0.3) is 0 Å². The number of hydrogen-bond acceptors (Lipinski definition) is 2. The average Bonchev–Trinajstić information content (AvgIpc) is 2.66. The highest BCUT2D eigenvalue weighted by atomic mass is 16.2. The minimum atomic E-state index is -0.506. The molecule has 0 saturated carbocycles. The Morgan fingerprint density at radius 3 is 2.50 bits per heavy atom. The summed E-state index contributed by atoms with van der Waals surface area (Å²) in [5, 5.41) is 2.80. The highest BCUT2D eigenvalue weighted by molar-refractivity contribution is 6.03. The average molecular weight is 326 g/mol. The number of amides is 2. The summed E-state index contributed by atoms with van der Waals surface area (Å²) in [5.74, 6) is -0.181. The summed E-state index contributed by atoms with van der Waals surface area (Å²) < 4.78 is 0. The third-order valence-electron chi connectivity index (χ3n) is 5.23. The van der Waals surface area contributed by atoms with Crippen molar-refractivity contribution in [3.63, 3.8) is 0 Å². The molecule has 2 amide bonds. The molecule has 1 unspecified atom stereocenters. The van der Waals surface area contributed by atoms with E-state index in [-0.39, 0.29) is 17.2 Å². The molecule has 1 atom stereocenters. The predicted molar refractivity (Wildman–Crippen MR) is 94.6 cm³/mol. The molecule has 1 fully saturated rings. The zero-order valence-corrected chi connectivity index (χ0v) is 15.2. The number of carbonyl (C=O) groups excluding carboxylic acids is 2. The highest BCUT2D eigenvalue weighted by Crippen LogP contribution is 2.43. The Morgan fingerprint density at radius 1 is 1.25 bits per heavy atom. The van der Waals surface area contributed by atoms with Gasteiger partial charge in [0.05, 0.1) is 5.54 Å². The van der Waals surface area contributed by atoms with Crippen molar-refractivity contribution in [3.05, 3.63) is 47.2 Å². The molecule has 1 aromatic rings. The predicted octanol–water partition coefficient (Wildman–Crippen LogP) is 3.47. The van der Waals surface area contributed by atoms with Crippen molar-refractivity contribution >= 4 is 11.8 Å². The summed E-state index contributed by atoms with van der Waals surface area (Å²) in [6.45, 7) is 14.4. The maximum Gasteiger partial charge on any atom is 0.255 e. The van der Waals surface area contributed by atoms with Crippen molar-refractivity contribution < 1.29 is 9.59 Å². The monoisotopic (exact) mass is 326 g/mol. The van der Waals surface area contributed by atoms with E-state index in [0.29, 0.717) is 18.4 Å². The van der Waals surface area contributed by atoms with E-state index in [9.17, 15) is 9.59 Å². The van der Waals surface area contributed by atoms with Crippen LogP contribution < -0.4 is 5.32 Å². The van der Waals surface area contributed by atoms with Crippen LogP contribution in [-0.2, 0) is 15.7 Å². The molecule has 2 heterocycles. The molecular formula is C20H26N2O2. The highest BCUT2D eigenvalue weighted by Gasteiger charge is 2.49. The van der Waals surface area contributed by atoms with E-state index in [1.54, 1.807) is 4.90 Å². The summed E-state index contributed by atoms with van der Waals surface area (Å²) in [5.41, 5.74) is 3.16.